The van der Waals surface area contributed by atoms with Crippen LogP contribution in [0.3, 0.4) is 0 Å². The molecule has 1 aromatic carbocycles. The molecule has 2 heterocycles. The second kappa shape index (κ2) is 4.33. The van der Waals surface area contributed by atoms with Crippen LogP contribution in [0.25, 0.3) is 0 Å². The van der Waals surface area contributed by atoms with Gasteiger partial charge in [-0.3, -0.25) is 0 Å². The van der Waals surface area contributed by atoms with Crippen LogP contribution in [0.4, 0.5) is 17.2 Å². The Balaban J connectivity index is 2.11. The maximum Gasteiger partial charge on any atom is 0.158 e. The number of anilines is 3. The van der Waals surface area contributed by atoms with Gasteiger partial charge in [-0.15, -0.1) is 0 Å². The standard InChI is InChI=1S/C15H17N3/c1-3-17-12(2)18(13-8-5-4-6-9-13)15-14(17)10-7-11-16-15/h4-12H,3H2,1-2H3/t12-/m1/s1. The van der Waals surface area contributed by atoms with Crippen molar-refractivity contribution in [2.75, 3.05) is 16.3 Å². The zero-order valence-electron chi connectivity index (χ0n) is 10.7. The summed E-state index contributed by atoms with van der Waals surface area (Å²) in [7, 11) is 0. The van der Waals surface area contributed by atoms with Crippen molar-refractivity contribution in [3.05, 3.63) is 48.7 Å². The van der Waals surface area contributed by atoms with E-state index in [0.29, 0.717) is 6.17 Å². The van der Waals surface area contributed by atoms with Crippen molar-refractivity contribution in [2.24, 2.45) is 0 Å². The van der Waals surface area contributed by atoms with E-state index in [0.717, 1.165) is 12.4 Å². The molecule has 3 rings (SSSR count). The van der Waals surface area contributed by atoms with E-state index in [-0.39, 0.29) is 0 Å². The molecule has 1 atom stereocenters. The SMILES string of the molecule is CCN1c2cccnc2N(c2ccccc2)[C@@H]1C. The molecule has 0 bridgehead atoms. The van der Waals surface area contributed by atoms with E-state index in [1.165, 1.54) is 11.4 Å². The van der Waals surface area contributed by atoms with Gasteiger partial charge < -0.3 is 9.80 Å². The molecule has 0 unspecified atom stereocenters. The second-order valence-electron chi connectivity index (χ2n) is 4.47. The van der Waals surface area contributed by atoms with E-state index in [1.807, 2.05) is 18.3 Å². The molecule has 0 saturated heterocycles. The topological polar surface area (TPSA) is 19.4 Å². The number of aromatic nitrogens is 1. The zero-order chi connectivity index (χ0) is 12.5. The molecule has 1 aromatic heterocycles. The van der Waals surface area contributed by atoms with Gasteiger partial charge in [0.15, 0.2) is 5.82 Å². The van der Waals surface area contributed by atoms with Crippen LogP contribution in [0.2, 0.25) is 0 Å². The maximum atomic E-state index is 4.55. The van der Waals surface area contributed by atoms with E-state index in [2.05, 4.69) is 59.0 Å². The smallest absolute Gasteiger partial charge is 0.158 e. The Labute approximate surface area is 108 Å². The fourth-order valence-corrected chi connectivity index (χ4v) is 2.68. The summed E-state index contributed by atoms with van der Waals surface area (Å²) in [6, 6.07) is 14.6. The Kier molecular flexibility index (Phi) is 2.67. The molecule has 2 aromatic rings. The first-order chi connectivity index (χ1) is 8.83. The minimum atomic E-state index is 0.308. The lowest BCUT2D eigenvalue weighted by Gasteiger charge is -2.28. The lowest BCUT2D eigenvalue weighted by molar-refractivity contribution is 0.690. The van der Waals surface area contributed by atoms with Gasteiger partial charge in [-0.2, -0.15) is 0 Å². The Morgan fingerprint density at radius 3 is 2.61 bits per heavy atom. The number of nitrogens with zero attached hydrogens (tertiary/aromatic N) is 3. The molecule has 1 aliphatic rings. The molecule has 0 radical (unpaired) electrons. The van der Waals surface area contributed by atoms with Crippen LogP contribution in [-0.2, 0) is 0 Å². The molecule has 18 heavy (non-hydrogen) atoms. The van der Waals surface area contributed by atoms with Crippen molar-refractivity contribution in [1.29, 1.82) is 0 Å². The Bertz CT molecular complexity index is 538. The van der Waals surface area contributed by atoms with Gasteiger partial charge in [0.25, 0.3) is 0 Å². The summed E-state index contributed by atoms with van der Waals surface area (Å²) in [6.07, 6.45) is 2.17. The first-order valence-corrected chi connectivity index (χ1v) is 6.39. The predicted octanol–water partition coefficient (Wildman–Crippen LogP) is 3.41. The number of hydrogen-bond donors (Lipinski definition) is 0. The first kappa shape index (κ1) is 11.1. The lowest BCUT2D eigenvalue weighted by atomic mass is 10.3. The summed E-state index contributed by atoms with van der Waals surface area (Å²) in [6.45, 7) is 5.39. The summed E-state index contributed by atoms with van der Waals surface area (Å²) < 4.78 is 0. The fourth-order valence-electron chi connectivity index (χ4n) is 2.68. The van der Waals surface area contributed by atoms with Crippen LogP contribution < -0.4 is 9.80 Å². The minimum absolute atomic E-state index is 0.308. The van der Waals surface area contributed by atoms with Gasteiger partial charge in [-0.25, -0.2) is 4.98 Å². The number of benzene rings is 1. The van der Waals surface area contributed by atoms with E-state index in [4.69, 9.17) is 0 Å². The van der Waals surface area contributed by atoms with Crippen LogP contribution in [0.5, 0.6) is 0 Å². The molecule has 1 aliphatic heterocycles. The highest BCUT2D eigenvalue weighted by molar-refractivity contribution is 5.80. The normalized spacial score (nSPS) is 18.0. The third-order valence-electron chi connectivity index (χ3n) is 3.50. The molecule has 0 N–H and O–H groups in total. The molecule has 0 spiro atoms. The lowest BCUT2D eigenvalue weighted by Crippen LogP contribution is -2.38. The molecule has 3 heteroatoms. The van der Waals surface area contributed by atoms with Gasteiger partial charge in [0.2, 0.25) is 0 Å². The maximum absolute atomic E-state index is 4.55. The van der Waals surface area contributed by atoms with E-state index < -0.39 is 0 Å². The fraction of sp³-hybridized carbons (Fsp3) is 0.267. The molecule has 0 amide bonds. The Hall–Kier alpha value is -2.03. The first-order valence-electron chi connectivity index (χ1n) is 6.39. The third-order valence-corrected chi connectivity index (χ3v) is 3.50. The van der Waals surface area contributed by atoms with Crippen LogP contribution >= 0.6 is 0 Å². The number of pyridine rings is 1. The van der Waals surface area contributed by atoms with Gasteiger partial charge >= 0.3 is 0 Å². The van der Waals surface area contributed by atoms with E-state index in [9.17, 15) is 0 Å². The van der Waals surface area contributed by atoms with Crippen molar-refractivity contribution in [3.63, 3.8) is 0 Å². The third kappa shape index (κ3) is 1.55. The average molecular weight is 239 g/mol. The van der Waals surface area contributed by atoms with Crippen molar-refractivity contribution in [1.82, 2.24) is 4.98 Å². The number of rotatable bonds is 2. The number of hydrogen-bond acceptors (Lipinski definition) is 3. The average Bonchev–Trinajstić information content (AvgIpc) is 2.71. The largest absolute Gasteiger partial charge is 0.348 e. The summed E-state index contributed by atoms with van der Waals surface area (Å²) in [4.78, 5) is 9.21. The van der Waals surface area contributed by atoms with Crippen molar-refractivity contribution >= 4 is 17.2 Å². The molecule has 0 aliphatic carbocycles. The molecule has 92 valence electrons. The van der Waals surface area contributed by atoms with Gasteiger partial charge in [0.05, 0.1) is 5.69 Å². The van der Waals surface area contributed by atoms with Crippen molar-refractivity contribution in [3.8, 4) is 0 Å². The Morgan fingerprint density at radius 1 is 1.11 bits per heavy atom. The van der Waals surface area contributed by atoms with Gasteiger partial charge in [-0.05, 0) is 38.1 Å². The van der Waals surface area contributed by atoms with E-state index in [1.54, 1.807) is 0 Å². The summed E-state index contributed by atoms with van der Waals surface area (Å²) in [5, 5.41) is 0. The number of para-hydroxylation sites is 1. The minimum Gasteiger partial charge on any atom is -0.348 e. The molecule has 3 nitrogen and oxygen atoms in total. The quantitative estimate of drug-likeness (QED) is 0.800. The highest BCUT2D eigenvalue weighted by Gasteiger charge is 2.33. The molecular formula is C15H17N3. The monoisotopic (exact) mass is 239 g/mol. The highest BCUT2D eigenvalue weighted by Crippen LogP contribution is 2.41. The van der Waals surface area contributed by atoms with Gasteiger partial charge in [-0.1, -0.05) is 18.2 Å². The zero-order valence-corrected chi connectivity index (χ0v) is 10.7. The van der Waals surface area contributed by atoms with Crippen LogP contribution in [-0.4, -0.2) is 17.7 Å². The highest BCUT2D eigenvalue weighted by atomic mass is 15.4. The van der Waals surface area contributed by atoms with Crippen LogP contribution in [0, 0.1) is 0 Å². The van der Waals surface area contributed by atoms with Crippen molar-refractivity contribution < 1.29 is 0 Å². The number of fused-ring (bicyclic) bond motifs is 1. The van der Waals surface area contributed by atoms with Crippen LogP contribution in [0.1, 0.15) is 13.8 Å². The van der Waals surface area contributed by atoms with E-state index >= 15 is 0 Å². The van der Waals surface area contributed by atoms with Crippen LogP contribution in [0.15, 0.2) is 48.7 Å². The van der Waals surface area contributed by atoms with Gasteiger partial charge in [0, 0.05) is 18.4 Å². The van der Waals surface area contributed by atoms with Gasteiger partial charge in [0.1, 0.15) is 6.17 Å². The molecular weight excluding hydrogens is 222 g/mol. The Morgan fingerprint density at radius 2 is 1.89 bits per heavy atom. The summed E-state index contributed by atoms with van der Waals surface area (Å²) in [5.74, 6) is 1.05. The predicted molar refractivity (Wildman–Crippen MR) is 75.3 cm³/mol. The summed E-state index contributed by atoms with van der Waals surface area (Å²) in [5.41, 5.74) is 2.41. The summed E-state index contributed by atoms with van der Waals surface area (Å²) >= 11 is 0. The second-order valence-corrected chi connectivity index (χ2v) is 4.47. The molecule has 0 fully saturated rings. The molecule has 0 saturated carbocycles. The van der Waals surface area contributed by atoms with Crippen molar-refractivity contribution in [2.45, 2.75) is 20.0 Å².